The number of fused-ring (bicyclic) bond motifs is 1. The number of aryl methyl sites for hydroxylation is 1. The zero-order valence-electron chi connectivity index (χ0n) is 11.3. The maximum atomic E-state index is 12.6. The number of aromatic nitrogens is 3. The van der Waals surface area contributed by atoms with E-state index in [1.165, 1.54) is 6.20 Å². The molecular weight excluding hydrogens is 301 g/mol. The molecule has 0 spiro atoms. The third-order valence-corrected chi connectivity index (χ3v) is 4.19. The highest BCUT2D eigenvalue weighted by atomic mass is 32.1. The number of hydrogen-bond donors (Lipinski definition) is 0. The van der Waals surface area contributed by atoms with Crippen molar-refractivity contribution in [2.45, 2.75) is 32.6 Å². The lowest BCUT2D eigenvalue weighted by Crippen LogP contribution is -2.31. The summed E-state index contributed by atoms with van der Waals surface area (Å²) in [5.41, 5.74) is 1.27. The number of alkyl halides is 3. The summed E-state index contributed by atoms with van der Waals surface area (Å²) in [6.07, 6.45) is -0.850. The summed E-state index contributed by atoms with van der Waals surface area (Å²) in [6.45, 7) is 3.95. The lowest BCUT2D eigenvalue weighted by atomic mass is 10.1. The van der Waals surface area contributed by atoms with Crippen LogP contribution in [0.4, 0.5) is 13.2 Å². The van der Waals surface area contributed by atoms with Crippen LogP contribution in [0.25, 0.3) is 0 Å². The minimum atomic E-state index is -4.48. The third kappa shape index (κ3) is 3.21. The average molecular weight is 314 g/mol. The zero-order valence-corrected chi connectivity index (χ0v) is 12.1. The van der Waals surface area contributed by atoms with Gasteiger partial charge in [-0.3, -0.25) is 4.90 Å². The van der Waals surface area contributed by atoms with Crippen LogP contribution in [0.2, 0.25) is 0 Å². The van der Waals surface area contributed by atoms with Gasteiger partial charge >= 0.3 is 6.18 Å². The molecule has 0 unspecified atom stereocenters. The Morgan fingerprint density at radius 1 is 1.29 bits per heavy atom. The Labute approximate surface area is 123 Å². The highest BCUT2D eigenvalue weighted by Crippen LogP contribution is 2.28. The topological polar surface area (TPSA) is 41.9 Å². The molecule has 3 heterocycles. The normalized spacial score (nSPS) is 16.0. The molecule has 0 atom stereocenters. The van der Waals surface area contributed by atoms with E-state index in [2.05, 4.69) is 19.9 Å². The van der Waals surface area contributed by atoms with E-state index in [-0.39, 0.29) is 0 Å². The molecule has 2 aromatic rings. The summed E-state index contributed by atoms with van der Waals surface area (Å²) in [6, 6.07) is 0. The van der Waals surface area contributed by atoms with Crippen molar-refractivity contribution in [1.82, 2.24) is 19.9 Å². The van der Waals surface area contributed by atoms with Gasteiger partial charge in [0.15, 0.2) is 0 Å². The summed E-state index contributed by atoms with van der Waals surface area (Å²) in [5, 5.41) is 1.02. The van der Waals surface area contributed by atoms with Crippen LogP contribution in [0, 0.1) is 6.92 Å². The van der Waals surface area contributed by atoms with Gasteiger partial charge in [0.1, 0.15) is 5.01 Å². The first-order valence-corrected chi connectivity index (χ1v) is 7.29. The quantitative estimate of drug-likeness (QED) is 0.855. The molecule has 0 fully saturated rings. The number of thiazole rings is 1. The lowest BCUT2D eigenvalue weighted by molar-refractivity contribution is -0.145. The minimum Gasteiger partial charge on any atom is -0.292 e. The van der Waals surface area contributed by atoms with Crippen molar-refractivity contribution in [3.8, 4) is 0 Å². The van der Waals surface area contributed by atoms with Crippen LogP contribution < -0.4 is 0 Å². The molecule has 0 aliphatic carbocycles. The van der Waals surface area contributed by atoms with E-state index in [1.807, 2.05) is 13.1 Å². The van der Waals surface area contributed by atoms with Gasteiger partial charge in [-0.05, 0) is 6.92 Å². The Morgan fingerprint density at radius 2 is 2.10 bits per heavy atom. The van der Waals surface area contributed by atoms with Gasteiger partial charge in [-0.1, -0.05) is 0 Å². The molecule has 4 nitrogen and oxygen atoms in total. The van der Waals surface area contributed by atoms with Crippen LogP contribution in [0.3, 0.4) is 0 Å². The monoisotopic (exact) mass is 314 g/mol. The largest absolute Gasteiger partial charge is 0.451 e. The van der Waals surface area contributed by atoms with E-state index in [0.29, 0.717) is 31.7 Å². The van der Waals surface area contributed by atoms with Gasteiger partial charge in [0, 0.05) is 42.3 Å². The smallest absolute Gasteiger partial charge is 0.292 e. The first-order valence-electron chi connectivity index (χ1n) is 6.47. The molecule has 2 aromatic heterocycles. The van der Waals surface area contributed by atoms with Crippen molar-refractivity contribution in [3.05, 3.63) is 39.4 Å². The Hall–Kier alpha value is -1.54. The molecule has 21 heavy (non-hydrogen) atoms. The van der Waals surface area contributed by atoms with Gasteiger partial charge < -0.3 is 0 Å². The molecule has 112 valence electrons. The Balaban J connectivity index is 1.74. The van der Waals surface area contributed by atoms with Gasteiger partial charge in [0.25, 0.3) is 0 Å². The third-order valence-electron chi connectivity index (χ3n) is 3.29. The minimum absolute atomic E-state index is 0.504. The number of rotatable bonds is 2. The van der Waals surface area contributed by atoms with Crippen LogP contribution in [-0.2, 0) is 25.7 Å². The van der Waals surface area contributed by atoms with Crippen molar-refractivity contribution in [3.63, 3.8) is 0 Å². The first kappa shape index (κ1) is 14.4. The van der Waals surface area contributed by atoms with Crippen molar-refractivity contribution in [2.75, 3.05) is 6.54 Å². The van der Waals surface area contributed by atoms with E-state index in [4.69, 9.17) is 0 Å². The van der Waals surface area contributed by atoms with Gasteiger partial charge in [-0.25, -0.2) is 15.0 Å². The molecular formula is C13H13F3N4S. The van der Waals surface area contributed by atoms with Crippen LogP contribution in [0.15, 0.2) is 12.4 Å². The molecule has 0 amide bonds. The number of nitrogens with zero attached hydrogens (tertiary/aromatic N) is 4. The summed E-state index contributed by atoms with van der Waals surface area (Å²) < 4.78 is 37.7. The summed E-state index contributed by atoms with van der Waals surface area (Å²) in [7, 11) is 0. The predicted molar refractivity (Wildman–Crippen MR) is 71.7 cm³/mol. The summed E-state index contributed by atoms with van der Waals surface area (Å²) in [5.74, 6) is -1.05. The molecule has 8 heteroatoms. The summed E-state index contributed by atoms with van der Waals surface area (Å²) >= 11 is 1.64. The van der Waals surface area contributed by atoms with E-state index < -0.39 is 12.0 Å². The van der Waals surface area contributed by atoms with Gasteiger partial charge in [0.2, 0.25) is 5.82 Å². The Bertz CT molecular complexity index is 653. The standard InChI is InChI=1S/C13H13F3N4S/c1-8-4-17-11(21-8)7-20-3-2-10-9(6-20)5-18-12(19-10)13(14,15)16/h4-5H,2-3,6-7H2,1H3. The van der Waals surface area contributed by atoms with Crippen LogP contribution >= 0.6 is 11.3 Å². The van der Waals surface area contributed by atoms with E-state index in [1.54, 1.807) is 11.3 Å². The first-order chi connectivity index (χ1) is 9.91. The molecule has 0 bridgehead atoms. The Kier molecular flexibility index (Phi) is 3.66. The van der Waals surface area contributed by atoms with Crippen LogP contribution in [0.5, 0.6) is 0 Å². The van der Waals surface area contributed by atoms with Crippen molar-refractivity contribution >= 4 is 11.3 Å². The van der Waals surface area contributed by atoms with E-state index >= 15 is 0 Å². The highest BCUT2D eigenvalue weighted by Gasteiger charge is 2.35. The molecule has 0 aromatic carbocycles. The second-order valence-electron chi connectivity index (χ2n) is 4.99. The fraction of sp³-hybridized carbons (Fsp3) is 0.462. The van der Waals surface area contributed by atoms with Crippen LogP contribution in [0.1, 0.15) is 27.0 Å². The Morgan fingerprint density at radius 3 is 2.76 bits per heavy atom. The van der Waals surface area contributed by atoms with Crippen molar-refractivity contribution < 1.29 is 13.2 Å². The fourth-order valence-corrected chi connectivity index (χ4v) is 3.14. The fourth-order valence-electron chi connectivity index (χ4n) is 2.31. The molecule has 0 N–H and O–H groups in total. The van der Waals surface area contributed by atoms with Crippen LogP contribution in [-0.4, -0.2) is 26.4 Å². The second-order valence-corrected chi connectivity index (χ2v) is 6.31. The summed E-state index contributed by atoms with van der Waals surface area (Å²) in [4.78, 5) is 14.7. The maximum Gasteiger partial charge on any atom is 0.451 e. The molecule has 3 rings (SSSR count). The molecule has 0 radical (unpaired) electrons. The van der Waals surface area contributed by atoms with Gasteiger partial charge in [-0.2, -0.15) is 13.2 Å². The maximum absolute atomic E-state index is 12.6. The van der Waals surface area contributed by atoms with Crippen molar-refractivity contribution in [1.29, 1.82) is 0 Å². The van der Waals surface area contributed by atoms with E-state index in [9.17, 15) is 13.2 Å². The number of hydrogen-bond acceptors (Lipinski definition) is 5. The lowest BCUT2D eigenvalue weighted by Gasteiger charge is -2.27. The van der Waals surface area contributed by atoms with Gasteiger partial charge in [0.05, 0.1) is 12.2 Å². The van der Waals surface area contributed by atoms with Gasteiger partial charge in [-0.15, -0.1) is 11.3 Å². The molecule has 0 saturated heterocycles. The highest BCUT2D eigenvalue weighted by molar-refractivity contribution is 7.11. The average Bonchev–Trinajstić information content (AvgIpc) is 2.82. The van der Waals surface area contributed by atoms with Crippen molar-refractivity contribution in [2.24, 2.45) is 0 Å². The zero-order chi connectivity index (χ0) is 15.0. The predicted octanol–water partition coefficient (Wildman–Crippen LogP) is 2.82. The molecule has 0 saturated carbocycles. The molecule has 1 aliphatic rings. The molecule has 1 aliphatic heterocycles. The second kappa shape index (κ2) is 5.34. The van der Waals surface area contributed by atoms with E-state index in [0.717, 1.165) is 15.4 Å². The SMILES string of the molecule is Cc1cnc(CN2CCc3nc(C(F)(F)F)ncc3C2)s1. The number of halogens is 3.